The Balaban J connectivity index is -0.000000187. The van der Waals surface area contributed by atoms with E-state index in [-0.39, 0.29) is 19.8 Å². The third-order valence-electron chi connectivity index (χ3n) is 3.96. The number of alkyl halides is 18. The molecule has 304 valence electrons. The molecule has 0 heterocycles. The lowest BCUT2D eigenvalue weighted by Crippen LogP contribution is -2.70. The maximum Gasteiger partial charge on any atom is 0.428 e. The number of hydrogen-bond donors (Lipinski definition) is 8. The van der Waals surface area contributed by atoms with Crippen LogP contribution in [0.2, 0.25) is 0 Å². The summed E-state index contributed by atoms with van der Waals surface area (Å²) in [7, 11) is -15.1. The summed E-state index contributed by atoms with van der Waals surface area (Å²) in [6.45, 7) is 4.17. The van der Waals surface area contributed by atoms with Gasteiger partial charge in [-0.05, 0) is 20.8 Å². The third-order valence-corrected chi connectivity index (χ3v) is 6.90. The molecule has 0 amide bonds. The van der Waals surface area contributed by atoms with E-state index in [9.17, 15) is 95.9 Å². The molecule has 49 heavy (non-hydrogen) atoms. The smallest absolute Gasteiger partial charge is 0.394 e. The Labute approximate surface area is 262 Å². The second kappa shape index (κ2) is 19.2. The largest absolute Gasteiger partial charge is 0.428 e. The van der Waals surface area contributed by atoms with Crippen LogP contribution in [0.1, 0.15) is 20.8 Å². The Hall–Kier alpha value is -1.68. The monoisotopic (exact) mass is 828 g/mol. The van der Waals surface area contributed by atoms with E-state index in [4.69, 9.17) is 39.7 Å². The van der Waals surface area contributed by atoms with Crippen LogP contribution < -0.4 is 0 Å². The van der Waals surface area contributed by atoms with Crippen molar-refractivity contribution in [3.63, 3.8) is 0 Å². The van der Waals surface area contributed by atoms with Crippen LogP contribution in [0.5, 0.6) is 0 Å². The quantitative estimate of drug-likeness (QED) is 0.148. The lowest BCUT2D eigenvalue weighted by Gasteiger charge is -2.35. The van der Waals surface area contributed by atoms with Gasteiger partial charge in [-0.3, -0.25) is 9.11 Å². The summed E-state index contributed by atoms with van der Waals surface area (Å²) in [6, 6.07) is 0. The van der Waals surface area contributed by atoms with Crippen LogP contribution in [0, 0.1) is 0 Å². The van der Waals surface area contributed by atoms with Crippen molar-refractivity contribution in [1.82, 2.24) is 0 Å². The maximum atomic E-state index is 11.9. The van der Waals surface area contributed by atoms with Crippen LogP contribution in [-0.4, -0.2) is 141 Å². The van der Waals surface area contributed by atoms with E-state index in [1.54, 1.807) is 0 Å². The summed E-state index contributed by atoms with van der Waals surface area (Å²) in [5.74, 6) is 0. The van der Waals surface area contributed by atoms with Crippen molar-refractivity contribution in [3.05, 3.63) is 0 Å². The summed E-state index contributed by atoms with van der Waals surface area (Å²) >= 11 is 0. The van der Waals surface area contributed by atoms with E-state index >= 15 is 0 Å². The van der Waals surface area contributed by atoms with Gasteiger partial charge in [0.2, 0.25) is 0 Å². The van der Waals surface area contributed by atoms with Gasteiger partial charge in [0.15, 0.2) is 0 Å². The molecule has 0 rings (SSSR count). The van der Waals surface area contributed by atoms with Gasteiger partial charge < -0.3 is 30.6 Å². The van der Waals surface area contributed by atoms with Crippen LogP contribution >= 0.6 is 0 Å². The van der Waals surface area contributed by atoms with Gasteiger partial charge in [-0.1, -0.05) is 0 Å². The Morgan fingerprint density at radius 1 is 0.388 bits per heavy atom. The molecule has 0 aromatic heterocycles. The molecule has 0 aromatic rings. The first-order chi connectivity index (χ1) is 20.8. The standard InChI is InChI=1S/2C4HF9O3S.3C3H8O2/c2*5-2(6,7)1(3(8,9)10,4(11,12)13)17(14,15)16;3*1-3(5)2-4/h2*(H,14,15,16);3*3-5H,2H2,1H3. The minimum atomic E-state index is -7.57. The van der Waals surface area contributed by atoms with Crippen LogP contribution in [-0.2, 0) is 20.2 Å². The van der Waals surface area contributed by atoms with Gasteiger partial charge >= 0.3 is 46.6 Å². The molecular weight excluding hydrogens is 802 g/mol. The summed E-state index contributed by atoms with van der Waals surface area (Å²) in [5.41, 5.74) is 0. The van der Waals surface area contributed by atoms with Crippen molar-refractivity contribution in [1.29, 1.82) is 0 Å². The second-order valence-corrected chi connectivity index (χ2v) is 11.5. The highest BCUT2D eigenvalue weighted by Crippen LogP contribution is 2.58. The highest BCUT2D eigenvalue weighted by molar-refractivity contribution is 7.87. The van der Waals surface area contributed by atoms with Gasteiger partial charge in [0.1, 0.15) is 0 Å². The highest BCUT2D eigenvalue weighted by atomic mass is 32.2. The Morgan fingerprint density at radius 2 is 0.469 bits per heavy atom. The molecule has 3 atom stereocenters. The topological polar surface area (TPSA) is 230 Å². The molecule has 0 saturated heterocycles. The Kier molecular flexibility index (Phi) is 22.3. The van der Waals surface area contributed by atoms with Crippen LogP contribution in [0.15, 0.2) is 0 Å². The fourth-order valence-electron chi connectivity index (χ4n) is 1.84. The molecule has 0 aliphatic rings. The van der Waals surface area contributed by atoms with Crippen molar-refractivity contribution >= 4 is 20.2 Å². The van der Waals surface area contributed by atoms with Crippen LogP contribution in [0.4, 0.5) is 79.0 Å². The lowest BCUT2D eigenvalue weighted by atomic mass is 10.1. The normalized spacial score (nSPS) is 15.8. The third kappa shape index (κ3) is 15.6. The molecule has 0 bridgehead atoms. The van der Waals surface area contributed by atoms with Gasteiger partial charge in [-0.25, -0.2) is 0 Å². The Morgan fingerprint density at radius 3 is 0.469 bits per heavy atom. The predicted molar refractivity (Wildman–Crippen MR) is 121 cm³/mol. The molecular formula is C17H26F18O12S2. The van der Waals surface area contributed by atoms with Gasteiger partial charge in [0.25, 0.3) is 20.2 Å². The molecule has 0 aliphatic carbocycles. The van der Waals surface area contributed by atoms with E-state index in [2.05, 4.69) is 0 Å². The van der Waals surface area contributed by atoms with Crippen molar-refractivity contribution in [2.45, 2.75) is 85.6 Å². The van der Waals surface area contributed by atoms with Gasteiger partial charge in [-0.15, -0.1) is 0 Å². The lowest BCUT2D eigenvalue weighted by molar-refractivity contribution is -0.351. The van der Waals surface area contributed by atoms with Crippen LogP contribution in [0.25, 0.3) is 0 Å². The molecule has 0 spiro atoms. The SMILES string of the molecule is CC(O)CO.CC(O)CO.CC(O)CO.O=S(=O)(O)C(C(F)(F)F)(C(F)(F)F)C(F)(F)F.O=S(=O)(O)C(C(F)(F)F)(C(F)(F)F)C(F)(F)F. The number of aliphatic hydroxyl groups is 6. The molecule has 12 nitrogen and oxygen atoms in total. The molecule has 0 fully saturated rings. The zero-order chi connectivity index (χ0) is 41.9. The van der Waals surface area contributed by atoms with Gasteiger partial charge in [0.05, 0.1) is 38.1 Å². The first kappa shape index (κ1) is 56.7. The minimum absolute atomic E-state index is 0.139. The zero-order valence-electron chi connectivity index (χ0n) is 23.7. The van der Waals surface area contributed by atoms with Crippen molar-refractivity contribution in [2.75, 3.05) is 19.8 Å². The van der Waals surface area contributed by atoms with E-state index in [1.807, 2.05) is 0 Å². The highest BCUT2D eigenvalue weighted by Gasteiger charge is 2.92. The van der Waals surface area contributed by atoms with Crippen LogP contribution in [0.3, 0.4) is 0 Å². The number of aliphatic hydroxyl groups excluding tert-OH is 6. The predicted octanol–water partition coefficient (Wildman–Crippen LogP) is 2.68. The second-order valence-electron chi connectivity index (χ2n) is 8.39. The average Bonchev–Trinajstić information content (AvgIpc) is 2.72. The summed E-state index contributed by atoms with van der Waals surface area (Å²) < 4.78 is 255. The van der Waals surface area contributed by atoms with Crippen molar-refractivity contribution in [3.8, 4) is 0 Å². The summed E-state index contributed by atoms with van der Waals surface area (Å²) in [6.07, 6.45) is -45.6. The molecule has 3 unspecified atom stereocenters. The summed E-state index contributed by atoms with van der Waals surface area (Å²) in [4.78, 5) is 0. The molecule has 8 N–H and O–H groups in total. The van der Waals surface area contributed by atoms with E-state index in [1.165, 1.54) is 20.8 Å². The van der Waals surface area contributed by atoms with E-state index in [0.29, 0.717) is 0 Å². The first-order valence-electron chi connectivity index (χ1n) is 11.0. The fraction of sp³-hybridized carbons (Fsp3) is 1.00. The van der Waals surface area contributed by atoms with Crippen molar-refractivity contribution in [2.24, 2.45) is 0 Å². The average molecular weight is 828 g/mol. The Bertz CT molecular complexity index is 966. The van der Waals surface area contributed by atoms with Gasteiger partial charge in [0, 0.05) is 0 Å². The molecule has 0 radical (unpaired) electrons. The first-order valence-corrected chi connectivity index (χ1v) is 13.9. The van der Waals surface area contributed by atoms with Crippen molar-refractivity contribution < 1.29 is 136 Å². The van der Waals surface area contributed by atoms with E-state index < -0.39 is 85.1 Å². The minimum Gasteiger partial charge on any atom is -0.394 e. The number of hydrogen-bond acceptors (Lipinski definition) is 10. The molecule has 0 saturated carbocycles. The van der Waals surface area contributed by atoms with E-state index in [0.717, 1.165) is 0 Å². The van der Waals surface area contributed by atoms with Gasteiger partial charge in [-0.2, -0.15) is 95.9 Å². The molecule has 32 heteroatoms. The maximum absolute atomic E-state index is 11.9. The fourth-order valence-corrected chi connectivity index (χ4v) is 3.60. The molecule has 0 aromatic carbocycles. The number of halogens is 18. The number of rotatable bonds is 5. The summed E-state index contributed by atoms with van der Waals surface area (Å²) in [5, 5.41) is 48.0. The zero-order valence-corrected chi connectivity index (χ0v) is 25.3. The molecule has 0 aliphatic heterocycles.